The van der Waals surface area contributed by atoms with Gasteiger partial charge in [-0.05, 0) is 25.1 Å². The third kappa shape index (κ3) is 5.24. The molecule has 21 heavy (non-hydrogen) atoms. The fourth-order valence-electron chi connectivity index (χ4n) is 1.51. The van der Waals surface area contributed by atoms with Gasteiger partial charge >= 0.3 is 6.18 Å². The van der Waals surface area contributed by atoms with Gasteiger partial charge in [0.1, 0.15) is 0 Å². The summed E-state index contributed by atoms with van der Waals surface area (Å²) in [7, 11) is -3.39. The molecule has 1 aromatic carbocycles. The van der Waals surface area contributed by atoms with Gasteiger partial charge in [0.2, 0.25) is 10.0 Å². The first-order valence-corrected chi connectivity index (χ1v) is 7.67. The van der Waals surface area contributed by atoms with Crippen molar-refractivity contribution in [2.24, 2.45) is 0 Å². The molecule has 0 aromatic heterocycles. The minimum atomic E-state index is -4.56. The highest BCUT2D eigenvalue weighted by Gasteiger charge is 2.33. The second kappa shape index (κ2) is 6.78. The summed E-state index contributed by atoms with van der Waals surface area (Å²) in [5.74, 6) is -0.106. The molecule has 2 N–H and O–H groups in total. The van der Waals surface area contributed by atoms with E-state index in [1.165, 1.54) is 6.92 Å². The van der Waals surface area contributed by atoms with Crippen LogP contribution in [-0.2, 0) is 16.2 Å². The molecule has 1 rings (SSSR count). The summed E-state index contributed by atoms with van der Waals surface area (Å²) < 4.78 is 63.0. The molecule has 0 amide bonds. The van der Waals surface area contributed by atoms with Gasteiger partial charge in [0, 0.05) is 18.8 Å². The third-order valence-electron chi connectivity index (χ3n) is 2.60. The number of hydrogen-bond donors (Lipinski definition) is 2. The van der Waals surface area contributed by atoms with E-state index in [1.54, 1.807) is 6.07 Å². The normalized spacial score (nSPS) is 12.0. The monoisotopic (exact) mass is 321 g/mol. The highest BCUT2D eigenvalue weighted by molar-refractivity contribution is 7.89. The zero-order valence-corrected chi connectivity index (χ0v) is 12.0. The molecule has 0 fully saturated rings. The zero-order chi connectivity index (χ0) is 16.1. The van der Waals surface area contributed by atoms with Gasteiger partial charge in [-0.15, -0.1) is 0 Å². The van der Waals surface area contributed by atoms with E-state index in [0.717, 1.165) is 18.2 Å². The van der Waals surface area contributed by atoms with Gasteiger partial charge in [-0.1, -0.05) is 0 Å². The maximum Gasteiger partial charge on any atom is 0.418 e. The van der Waals surface area contributed by atoms with E-state index >= 15 is 0 Å². The van der Waals surface area contributed by atoms with E-state index in [4.69, 9.17) is 5.26 Å². The van der Waals surface area contributed by atoms with Crippen molar-refractivity contribution >= 4 is 15.7 Å². The number of nitrogens with one attached hydrogen (secondary N) is 2. The van der Waals surface area contributed by atoms with Gasteiger partial charge in [-0.2, -0.15) is 18.4 Å². The molecule has 0 heterocycles. The smallest absolute Gasteiger partial charge is 0.383 e. The molecule has 0 aliphatic heterocycles. The van der Waals surface area contributed by atoms with Crippen LogP contribution in [0.2, 0.25) is 0 Å². The molecule has 0 aliphatic rings. The van der Waals surface area contributed by atoms with Crippen LogP contribution in [0.1, 0.15) is 18.1 Å². The number of sulfonamides is 1. The molecule has 0 radical (unpaired) electrons. The number of nitriles is 1. The Kier molecular flexibility index (Phi) is 5.57. The average molecular weight is 321 g/mol. The molecule has 116 valence electrons. The van der Waals surface area contributed by atoms with Crippen LogP contribution in [-0.4, -0.2) is 27.3 Å². The molecular weight excluding hydrogens is 307 g/mol. The molecule has 0 aliphatic carbocycles. The van der Waals surface area contributed by atoms with Crippen LogP contribution in [0.3, 0.4) is 0 Å². The number of halogens is 3. The Labute approximate surface area is 120 Å². The lowest BCUT2D eigenvalue weighted by atomic mass is 10.1. The largest absolute Gasteiger partial charge is 0.418 e. The molecular formula is C12H14F3N3O2S. The van der Waals surface area contributed by atoms with Crippen molar-refractivity contribution in [2.75, 3.05) is 24.2 Å². The number of hydrogen-bond acceptors (Lipinski definition) is 4. The van der Waals surface area contributed by atoms with Crippen molar-refractivity contribution in [3.63, 3.8) is 0 Å². The molecule has 1 aromatic rings. The predicted octanol–water partition coefficient (Wildman–Crippen LogP) is 1.93. The molecule has 0 saturated heterocycles. The molecule has 0 spiro atoms. The number of alkyl halides is 3. The topological polar surface area (TPSA) is 82.0 Å². The number of anilines is 1. The Balaban J connectivity index is 2.80. The summed E-state index contributed by atoms with van der Waals surface area (Å²) in [6.07, 6.45) is -4.56. The highest BCUT2D eigenvalue weighted by atomic mass is 32.2. The highest BCUT2D eigenvalue weighted by Crippen LogP contribution is 2.35. The van der Waals surface area contributed by atoms with Crippen LogP contribution in [0.25, 0.3) is 0 Å². The quantitative estimate of drug-likeness (QED) is 0.784. The summed E-state index contributed by atoms with van der Waals surface area (Å²) >= 11 is 0. The van der Waals surface area contributed by atoms with Gasteiger partial charge in [-0.3, -0.25) is 0 Å². The Morgan fingerprint density at radius 3 is 2.48 bits per heavy atom. The Morgan fingerprint density at radius 1 is 1.29 bits per heavy atom. The predicted molar refractivity (Wildman–Crippen MR) is 72.1 cm³/mol. The Morgan fingerprint density at radius 2 is 1.95 bits per heavy atom. The number of benzene rings is 1. The molecule has 0 atom stereocenters. The molecule has 0 bridgehead atoms. The second-order valence-electron chi connectivity index (χ2n) is 4.09. The van der Waals surface area contributed by atoms with Gasteiger partial charge in [-0.25, -0.2) is 13.1 Å². The number of nitrogens with zero attached hydrogens (tertiary/aromatic N) is 1. The van der Waals surface area contributed by atoms with Crippen LogP contribution in [0.15, 0.2) is 18.2 Å². The molecule has 0 unspecified atom stereocenters. The molecule has 0 saturated carbocycles. The van der Waals surface area contributed by atoms with E-state index in [1.807, 2.05) is 0 Å². The van der Waals surface area contributed by atoms with E-state index in [-0.39, 0.29) is 30.1 Å². The van der Waals surface area contributed by atoms with Crippen LogP contribution in [0.4, 0.5) is 18.9 Å². The summed E-state index contributed by atoms with van der Waals surface area (Å²) in [6.45, 7) is 1.37. The first kappa shape index (κ1) is 17.3. The second-order valence-corrected chi connectivity index (χ2v) is 6.19. The minimum absolute atomic E-state index is 0.0306. The van der Waals surface area contributed by atoms with Crippen molar-refractivity contribution in [3.8, 4) is 6.07 Å². The lowest BCUT2D eigenvalue weighted by Gasteiger charge is -2.15. The van der Waals surface area contributed by atoms with Crippen molar-refractivity contribution in [1.29, 1.82) is 5.26 Å². The third-order valence-corrected chi connectivity index (χ3v) is 4.00. The van der Waals surface area contributed by atoms with Crippen LogP contribution in [0, 0.1) is 11.3 Å². The van der Waals surface area contributed by atoms with Gasteiger partial charge in [0.05, 0.1) is 22.9 Å². The fourth-order valence-corrected chi connectivity index (χ4v) is 2.13. The minimum Gasteiger partial charge on any atom is -0.383 e. The molecule has 9 heteroatoms. The van der Waals surface area contributed by atoms with E-state index < -0.39 is 21.8 Å². The molecule has 5 nitrogen and oxygen atoms in total. The summed E-state index contributed by atoms with van der Waals surface area (Å²) in [5, 5.41) is 11.2. The van der Waals surface area contributed by atoms with Crippen molar-refractivity contribution < 1.29 is 21.6 Å². The average Bonchev–Trinajstić information content (AvgIpc) is 2.42. The van der Waals surface area contributed by atoms with E-state index in [2.05, 4.69) is 10.0 Å². The van der Waals surface area contributed by atoms with E-state index in [9.17, 15) is 21.6 Å². The lowest BCUT2D eigenvalue weighted by Crippen LogP contribution is -2.30. The van der Waals surface area contributed by atoms with E-state index in [0.29, 0.717) is 0 Å². The van der Waals surface area contributed by atoms with Crippen molar-refractivity contribution in [3.05, 3.63) is 29.3 Å². The first-order valence-electron chi connectivity index (χ1n) is 6.02. The maximum atomic E-state index is 12.8. The van der Waals surface area contributed by atoms with Crippen molar-refractivity contribution in [2.45, 2.75) is 13.1 Å². The SMILES string of the molecule is CCS(=O)(=O)NCCNc1cc(C#N)ccc1C(F)(F)F. The Hall–Kier alpha value is -1.79. The lowest BCUT2D eigenvalue weighted by molar-refractivity contribution is -0.136. The summed E-state index contributed by atoms with van der Waals surface area (Å²) in [5.41, 5.74) is -1.07. The fraction of sp³-hybridized carbons (Fsp3) is 0.417. The van der Waals surface area contributed by atoms with Gasteiger partial charge < -0.3 is 5.32 Å². The summed E-state index contributed by atoms with van der Waals surface area (Å²) in [6, 6.07) is 4.73. The summed E-state index contributed by atoms with van der Waals surface area (Å²) in [4.78, 5) is 0. The van der Waals surface area contributed by atoms with Gasteiger partial charge in [0.25, 0.3) is 0 Å². The van der Waals surface area contributed by atoms with Crippen LogP contribution < -0.4 is 10.0 Å². The number of rotatable bonds is 6. The van der Waals surface area contributed by atoms with Crippen LogP contribution in [0.5, 0.6) is 0 Å². The standard InChI is InChI=1S/C12H14F3N3O2S/c1-2-21(19,20)18-6-5-17-11-7-9(8-16)3-4-10(11)12(13,14)15/h3-4,7,17-18H,2,5-6H2,1H3. The maximum absolute atomic E-state index is 12.8. The first-order chi connectivity index (χ1) is 9.69. The van der Waals surface area contributed by atoms with Gasteiger partial charge in [0.15, 0.2) is 0 Å². The van der Waals surface area contributed by atoms with Crippen LogP contribution >= 0.6 is 0 Å². The van der Waals surface area contributed by atoms with Crippen molar-refractivity contribution in [1.82, 2.24) is 4.72 Å². The Bertz CT molecular complexity index is 636. The zero-order valence-electron chi connectivity index (χ0n) is 11.2.